The number of pyridine rings is 1. The van der Waals surface area contributed by atoms with Gasteiger partial charge in [-0.2, -0.15) is 0 Å². The van der Waals surface area contributed by atoms with E-state index in [1.54, 1.807) is 35.9 Å². The van der Waals surface area contributed by atoms with E-state index in [9.17, 15) is 5.11 Å². The summed E-state index contributed by atoms with van der Waals surface area (Å²) in [6.07, 6.45) is 1.86. The third-order valence-electron chi connectivity index (χ3n) is 2.84. The molecule has 3 aromatic rings. The minimum absolute atomic E-state index is 0.234. The van der Waals surface area contributed by atoms with Gasteiger partial charge in [-0.15, -0.1) is 5.10 Å². The summed E-state index contributed by atoms with van der Waals surface area (Å²) in [5.74, 6) is 0.761. The molecule has 2 N–H and O–H groups in total. The summed E-state index contributed by atoms with van der Waals surface area (Å²) < 4.78 is 7.03. The normalized spacial score (nSPS) is 10.6. The number of phenols is 1. The third kappa shape index (κ3) is 2.06. The van der Waals surface area contributed by atoms with Crippen LogP contribution in [0.1, 0.15) is 0 Å². The van der Waals surface area contributed by atoms with Gasteiger partial charge in [0.15, 0.2) is 0 Å². The first-order valence-electron chi connectivity index (χ1n) is 5.85. The Labute approximate surface area is 110 Å². The highest BCUT2D eigenvalue weighted by atomic mass is 16.5. The summed E-state index contributed by atoms with van der Waals surface area (Å²) in [6.45, 7) is 0. The minimum Gasteiger partial charge on any atom is -0.508 e. The van der Waals surface area contributed by atoms with Gasteiger partial charge in [0, 0.05) is 11.9 Å². The SMILES string of the molecule is COc1nn2ccccc2c1Nc1ccc(O)cc1. The fourth-order valence-electron chi connectivity index (χ4n) is 1.93. The molecule has 0 spiro atoms. The number of fused-ring (bicyclic) bond motifs is 1. The summed E-state index contributed by atoms with van der Waals surface area (Å²) in [5.41, 5.74) is 2.58. The number of rotatable bonds is 3. The number of ether oxygens (including phenoxy) is 1. The second-order valence-corrected chi connectivity index (χ2v) is 4.09. The molecule has 0 atom stereocenters. The van der Waals surface area contributed by atoms with Crippen LogP contribution in [0, 0.1) is 0 Å². The lowest BCUT2D eigenvalue weighted by atomic mass is 10.3. The average molecular weight is 255 g/mol. The second-order valence-electron chi connectivity index (χ2n) is 4.09. The molecule has 5 heteroatoms. The molecular weight excluding hydrogens is 242 g/mol. The molecule has 0 unspecified atom stereocenters. The fourth-order valence-corrected chi connectivity index (χ4v) is 1.93. The van der Waals surface area contributed by atoms with Crippen LogP contribution in [-0.2, 0) is 0 Å². The first kappa shape index (κ1) is 11.4. The summed E-state index contributed by atoms with van der Waals surface area (Å²) in [7, 11) is 1.59. The van der Waals surface area contributed by atoms with Crippen molar-refractivity contribution in [3.8, 4) is 11.6 Å². The predicted molar refractivity (Wildman–Crippen MR) is 73.1 cm³/mol. The van der Waals surface area contributed by atoms with Crippen molar-refractivity contribution in [1.82, 2.24) is 9.61 Å². The molecular formula is C14H13N3O2. The van der Waals surface area contributed by atoms with Crippen LogP contribution in [0.25, 0.3) is 5.52 Å². The highest BCUT2D eigenvalue weighted by molar-refractivity contribution is 5.81. The van der Waals surface area contributed by atoms with Crippen molar-refractivity contribution in [3.63, 3.8) is 0 Å². The molecule has 1 aromatic carbocycles. The Morgan fingerprint density at radius 1 is 1.16 bits per heavy atom. The van der Waals surface area contributed by atoms with E-state index < -0.39 is 0 Å². The lowest BCUT2D eigenvalue weighted by molar-refractivity contribution is 0.397. The van der Waals surface area contributed by atoms with Crippen molar-refractivity contribution in [2.24, 2.45) is 0 Å². The van der Waals surface area contributed by atoms with Gasteiger partial charge < -0.3 is 15.2 Å². The lowest BCUT2D eigenvalue weighted by Gasteiger charge is -2.06. The number of hydrogen-bond acceptors (Lipinski definition) is 4. The summed E-state index contributed by atoms with van der Waals surface area (Å²) in [5, 5.41) is 16.9. The van der Waals surface area contributed by atoms with Crippen LogP contribution in [0.4, 0.5) is 11.4 Å². The maximum absolute atomic E-state index is 9.29. The van der Waals surface area contributed by atoms with E-state index >= 15 is 0 Å². The number of anilines is 2. The van der Waals surface area contributed by atoms with Crippen LogP contribution in [0.15, 0.2) is 48.7 Å². The largest absolute Gasteiger partial charge is 0.508 e. The molecule has 0 bridgehead atoms. The zero-order chi connectivity index (χ0) is 13.2. The Morgan fingerprint density at radius 3 is 2.68 bits per heavy atom. The zero-order valence-corrected chi connectivity index (χ0v) is 10.4. The molecule has 0 amide bonds. The number of methoxy groups -OCH3 is 1. The Hall–Kier alpha value is -2.69. The van der Waals surface area contributed by atoms with E-state index in [0.29, 0.717) is 5.88 Å². The van der Waals surface area contributed by atoms with Gasteiger partial charge in [-0.3, -0.25) is 0 Å². The van der Waals surface area contributed by atoms with E-state index in [0.717, 1.165) is 16.9 Å². The van der Waals surface area contributed by atoms with E-state index in [2.05, 4.69) is 10.4 Å². The molecule has 5 nitrogen and oxygen atoms in total. The summed E-state index contributed by atoms with van der Waals surface area (Å²) >= 11 is 0. The molecule has 3 rings (SSSR count). The number of benzene rings is 1. The van der Waals surface area contributed by atoms with E-state index in [1.165, 1.54) is 0 Å². The first-order valence-corrected chi connectivity index (χ1v) is 5.85. The molecule has 0 aliphatic heterocycles. The van der Waals surface area contributed by atoms with Gasteiger partial charge in [0.05, 0.1) is 12.6 Å². The molecule has 19 heavy (non-hydrogen) atoms. The van der Waals surface area contributed by atoms with Crippen LogP contribution in [0.2, 0.25) is 0 Å². The van der Waals surface area contributed by atoms with Crippen LogP contribution >= 0.6 is 0 Å². The van der Waals surface area contributed by atoms with Gasteiger partial charge in [-0.1, -0.05) is 6.07 Å². The molecule has 0 saturated carbocycles. The van der Waals surface area contributed by atoms with Crippen molar-refractivity contribution < 1.29 is 9.84 Å². The number of nitrogens with one attached hydrogen (secondary N) is 1. The molecule has 2 aromatic heterocycles. The molecule has 0 aliphatic rings. The molecule has 0 radical (unpaired) electrons. The smallest absolute Gasteiger partial charge is 0.257 e. The summed E-state index contributed by atoms with van der Waals surface area (Å²) in [6, 6.07) is 12.6. The molecule has 96 valence electrons. The standard InChI is InChI=1S/C14H13N3O2/c1-19-14-13(12-4-2-3-9-17(12)16-14)15-10-5-7-11(18)8-6-10/h2-9,15,18H,1H3. The van der Waals surface area contributed by atoms with Crippen molar-refractivity contribution in [2.75, 3.05) is 12.4 Å². The highest BCUT2D eigenvalue weighted by Crippen LogP contribution is 2.31. The Kier molecular flexibility index (Phi) is 2.72. The van der Waals surface area contributed by atoms with Crippen molar-refractivity contribution in [2.45, 2.75) is 0 Å². The number of aromatic nitrogens is 2. The Balaban J connectivity index is 2.06. The van der Waals surface area contributed by atoms with Crippen molar-refractivity contribution >= 4 is 16.9 Å². The maximum atomic E-state index is 9.29. The van der Waals surface area contributed by atoms with Crippen LogP contribution < -0.4 is 10.1 Å². The number of aromatic hydroxyl groups is 1. The van der Waals surface area contributed by atoms with E-state index in [1.807, 2.05) is 24.4 Å². The van der Waals surface area contributed by atoms with Gasteiger partial charge in [0.25, 0.3) is 5.88 Å². The monoisotopic (exact) mass is 255 g/mol. The molecule has 0 saturated heterocycles. The zero-order valence-electron chi connectivity index (χ0n) is 10.4. The van der Waals surface area contributed by atoms with Crippen molar-refractivity contribution in [3.05, 3.63) is 48.7 Å². The minimum atomic E-state index is 0.234. The van der Waals surface area contributed by atoms with Gasteiger partial charge in [-0.05, 0) is 36.4 Å². The Bertz CT molecular complexity index is 704. The topological polar surface area (TPSA) is 58.8 Å². The highest BCUT2D eigenvalue weighted by Gasteiger charge is 2.12. The predicted octanol–water partition coefficient (Wildman–Crippen LogP) is 2.79. The van der Waals surface area contributed by atoms with E-state index in [4.69, 9.17) is 4.74 Å². The third-order valence-corrected chi connectivity index (χ3v) is 2.84. The fraction of sp³-hybridized carbons (Fsp3) is 0.0714. The number of hydrogen-bond donors (Lipinski definition) is 2. The number of nitrogens with zero attached hydrogens (tertiary/aromatic N) is 2. The van der Waals surface area contributed by atoms with Gasteiger partial charge in [-0.25, -0.2) is 4.52 Å². The first-order chi connectivity index (χ1) is 9.28. The van der Waals surface area contributed by atoms with Crippen molar-refractivity contribution in [1.29, 1.82) is 0 Å². The van der Waals surface area contributed by atoms with Gasteiger partial charge in [0.2, 0.25) is 0 Å². The van der Waals surface area contributed by atoms with Gasteiger partial charge >= 0.3 is 0 Å². The lowest BCUT2D eigenvalue weighted by Crippen LogP contribution is -1.92. The Morgan fingerprint density at radius 2 is 1.95 bits per heavy atom. The molecule has 0 aliphatic carbocycles. The molecule has 0 fully saturated rings. The summed E-state index contributed by atoms with van der Waals surface area (Å²) in [4.78, 5) is 0. The average Bonchev–Trinajstić information content (AvgIpc) is 2.79. The molecule has 2 heterocycles. The van der Waals surface area contributed by atoms with Crippen LogP contribution in [0.3, 0.4) is 0 Å². The quantitative estimate of drug-likeness (QED) is 0.706. The van der Waals surface area contributed by atoms with Gasteiger partial charge in [0.1, 0.15) is 11.4 Å². The maximum Gasteiger partial charge on any atom is 0.257 e. The number of phenolic OH excluding ortho intramolecular Hbond substituents is 1. The van der Waals surface area contributed by atoms with Crippen LogP contribution in [-0.4, -0.2) is 21.8 Å². The van der Waals surface area contributed by atoms with E-state index in [-0.39, 0.29) is 5.75 Å². The second kappa shape index (κ2) is 4.53. The van der Waals surface area contributed by atoms with Crippen LogP contribution in [0.5, 0.6) is 11.6 Å².